The Kier molecular flexibility index (Phi) is 5.55. The third-order valence-electron chi connectivity index (χ3n) is 4.01. The van der Waals surface area contributed by atoms with E-state index in [1.165, 1.54) is 5.56 Å². The van der Waals surface area contributed by atoms with Crippen molar-refractivity contribution in [3.63, 3.8) is 0 Å². The maximum atomic E-state index is 12.2. The minimum absolute atomic E-state index is 0.0250. The Bertz CT molecular complexity index is 525. The average Bonchev–Trinajstić information content (AvgIpc) is 2.89. The molecule has 0 saturated carbocycles. The zero-order valence-electron chi connectivity index (χ0n) is 13.6. The minimum Gasteiger partial charge on any atom is -0.355 e. The molecule has 5 heteroatoms. The van der Waals surface area contributed by atoms with Gasteiger partial charge in [-0.15, -0.1) is 0 Å². The van der Waals surface area contributed by atoms with Gasteiger partial charge in [0, 0.05) is 31.7 Å². The predicted octanol–water partition coefficient (Wildman–Crippen LogP) is 1.28. The Labute approximate surface area is 132 Å². The summed E-state index contributed by atoms with van der Waals surface area (Å²) in [6.45, 7) is 3.98. The maximum Gasteiger partial charge on any atom is 0.227 e. The van der Waals surface area contributed by atoms with E-state index in [1.54, 1.807) is 4.90 Å². The first kappa shape index (κ1) is 16.5. The molecule has 120 valence electrons. The second-order valence-electron chi connectivity index (χ2n) is 6.02. The lowest BCUT2D eigenvalue weighted by Crippen LogP contribution is -2.36. The summed E-state index contributed by atoms with van der Waals surface area (Å²) in [5.74, 6) is -0.250. The van der Waals surface area contributed by atoms with Gasteiger partial charge in [0.05, 0.1) is 5.92 Å². The number of nitrogens with zero attached hydrogens (tertiary/aromatic N) is 2. The van der Waals surface area contributed by atoms with Gasteiger partial charge in [-0.05, 0) is 38.2 Å². The van der Waals surface area contributed by atoms with E-state index in [0.29, 0.717) is 19.5 Å². The third kappa shape index (κ3) is 4.07. The highest BCUT2D eigenvalue weighted by Crippen LogP contribution is 2.25. The molecule has 1 atom stereocenters. The van der Waals surface area contributed by atoms with Crippen LogP contribution in [0.5, 0.6) is 0 Å². The first-order chi connectivity index (χ1) is 10.5. The van der Waals surface area contributed by atoms with Crippen LogP contribution in [-0.4, -0.2) is 50.4 Å². The van der Waals surface area contributed by atoms with Crippen LogP contribution in [-0.2, 0) is 16.0 Å². The van der Waals surface area contributed by atoms with Crippen LogP contribution in [0.25, 0.3) is 0 Å². The quantitative estimate of drug-likeness (QED) is 0.861. The summed E-state index contributed by atoms with van der Waals surface area (Å²) in [6, 6.07) is 7.99. The molecule has 1 aromatic carbocycles. The molecule has 1 N–H and O–H groups in total. The van der Waals surface area contributed by atoms with E-state index >= 15 is 0 Å². The SMILES string of the molecule is CCc1ccc(N2C[C@H](C(=O)NCCN(C)C)CC2=O)cc1. The highest BCUT2D eigenvalue weighted by Gasteiger charge is 2.34. The van der Waals surface area contributed by atoms with E-state index in [2.05, 4.69) is 12.2 Å². The van der Waals surface area contributed by atoms with Crippen LogP contribution in [0.3, 0.4) is 0 Å². The zero-order valence-corrected chi connectivity index (χ0v) is 13.6. The van der Waals surface area contributed by atoms with Gasteiger partial charge in [-0.1, -0.05) is 19.1 Å². The molecule has 0 spiro atoms. The number of benzene rings is 1. The van der Waals surface area contributed by atoms with Crippen LogP contribution < -0.4 is 10.2 Å². The standard InChI is InChI=1S/C17H25N3O2/c1-4-13-5-7-15(8-6-13)20-12-14(11-16(20)21)17(22)18-9-10-19(2)3/h5-8,14H,4,9-12H2,1-3H3,(H,18,22)/t14-/m1/s1. The summed E-state index contributed by atoms with van der Waals surface area (Å²) in [6.07, 6.45) is 1.27. The number of carbonyl (C=O) groups is 2. The maximum absolute atomic E-state index is 12.2. The molecule has 1 aliphatic heterocycles. The second kappa shape index (κ2) is 7.40. The number of hydrogen-bond acceptors (Lipinski definition) is 3. The van der Waals surface area contributed by atoms with E-state index in [1.807, 2.05) is 43.3 Å². The van der Waals surface area contributed by atoms with Crippen molar-refractivity contribution >= 4 is 17.5 Å². The molecular weight excluding hydrogens is 278 g/mol. The Morgan fingerprint density at radius 2 is 2.00 bits per heavy atom. The van der Waals surface area contributed by atoms with Crippen molar-refractivity contribution in [1.29, 1.82) is 0 Å². The summed E-state index contributed by atoms with van der Waals surface area (Å²) in [5.41, 5.74) is 2.12. The van der Waals surface area contributed by atoms with Crippen molar-refractivity contribution < 1.29 is 9.59 Å². The average molecular weight is 303 g/mol. The Morgan fingerprint density at radius 3 is 2.59 bits per heavy atom. The van der Waals surface area contributed by atoms with Gasteiger partial charge in [0.2, 0.25) is 11.8 Å². The molecule has 2 amide bonds. The zero-order chi connectivity index (χ0) is 16.1. The van der Waals surface area contributed by atoms with E-state index in [9.17, 15) is 9.59 Å². The Morgan fingerprint density at radius 1 is 1.32 bits per heavy atom. The van der Waals surface area contributed by atoms with Crippen LogP contribution in [0.2, 0.25) is 0 Å². The summed E-state index contributed by atoms with van der Waals surface area (Å²) < 4.78 is 0. The summed E-state index contributed by atoms with van der Waals surface area (Å²) in [5, 5.41) is 2.91. The van der Waals surface area contributed by atoms with E-state index in [0.717, 1.165) is 18.7 Å². The van der Waals surface area contributed by atoms with E-state index < -0.39 is 0 Å². The number of rotatable bonds is 6. The lowest BCUT2D eigenvalue weighted by Gasteiger charge is -2.17. The molecule has 1 fully saturated rings. The van der Waals surface area contributed by atoms with Gasteiger partial charge in [0.1, 0.15) is 0 Å². The number of hydrogen-bond donors (Lipinski definition) is 1. The fourth-order valence-electron chi connectivity index (χ4n) is 2.59. The molecule has 1 heterocycles. The Balaban J connectivity index is 1.93. The highest BCUT2D eigenvalue weighted by atomic mass is 16.2. The van der Waals surface area contributed by atoms with Crippen LogP contribution in [0.1, 0.15) is 18.9 Å². The normalized spacial score (nSPS) is 18.1. The van der Waals surface area contributed by atoms with Gasteiger partial charge in [-0.25, -0.2) is 0 Å². The first-order valence-electron chi connectivity index (χ1n) is 7.83. The first-order valence-corrected chi connectivity index (χ1v) is 7.83. The number of aryl methyl sites for hydroxylation is 1. The van der Waals surface area contributed by atoms with Crippen molar-refractivity contribution in [3.05, 3.63) is 29.8 Å². The lowest BCUT2D eigenvalue weighted by molar-refractivity contribution is -0.126. The monoisotopic (exact) mass is 303 g/mol. The molecule has 0 bridgehead atoms. The summed E-state index contributed by atoms with van der Waals surface area (Å²) >= 11 is 0. The molecule has 0 unspecified atom stereocenters. The second-order valence-corrected chi connectivity index (χ2v) is 6.02. The minimum atomic E-state index is -0.250. The number of likely N-dealkylation sites (N-methyl/N-ethyl adjacent to an activating group) is 1. The van der Waals surface area contributed by atoms with Gasteiger partial charge < -0.3 is 15.1 Å². The largest absolute Gasteiger partial charge is 0.355 e. The smallest absolute Gasteiger partial charge is 0.227 e. The number of anilines is 1. The van der Waals surface area contributed by atoms with Crippen molar-refractivity contribution in [1.82, 2.24) is 10.2 Å². The summed E-state index contributed by atoms with van der Waals surface area (Å²) in [7, 11) is 3.93. The molecular formula is C17H25N3O2. The van der Waals surface area contributed by atoms with Gasteiger partial charge in [0.15, 0.2) is 0 Å². The van der Waals surface area contributed by atoms with Crippen molar-refractivity contribution in [2.75, 3.05) is 38.6 Å². The number of carbonyl (C=O) groups excluding carboxylic acids is 2. The van der Waals surface area contributed by atoms with Gasteiger partial charge in [-0.3, -0.25) is 9.59 Å². The van der Waals surface area contributed by atoms with Crippen LogP contribution in [0, 0.1) is 5.92 Å². The van der Waals surface area contributed by atoms with E-state index in [-0.39, 0.29) is 17.7 Å². The van der Waals surface area contributed by atoms with Crippen LogP contribution in [0.15, 0.2) is 24.3 Å². The van der Waals surface area contributed by atoms with Gasteiger partial charge >= 0.3 is 0 Å². The van der Waals surface area contributed by atoms with Crippen molar-refractivity contribution in [2.45, 2.75) is 19.8 Å². The topological polar surface area (TPSA) is 52.7 Å². The molecule has 1 aromatic rings. The lowest BCUT2D eigenvalue weighted by atomic mass is 10.1. The Hall–Kier alpha value is -1.88. The van der Waals surface area contributed by atoms with Crippen LogP contribution >= 0.6 is 0 Å². The molecule has 5 nitrogen and oxygen atoms in total. The highest BCUT2D eigenvalue weighted by molar-refractivity contribution is 6.00. The van der Waals surface area contributed by atoms with Crippen LogP contribution in [0.4, 0.5) is 5.69 Å². The fraction of sp³-hybridized carbons (Fsp3) is 0.529. The van der Waals surface area contributed by atoms with Crippen molar-refractivity contribution in [2.24, 2.45) is 5.92 Å². The molecule has 1 saturated heterocycles. The van der Waals surface area contributed by atoms with Gasteiger partial charge in [0.25, 0.3) is 0 Å². The van der Waals surface area contributed by atoms with Crippen molar-refractivity contribution in [3.8, 4) is 0 Å². The number of nitrogens with one attached hydrogen (secondary N) is 1. The molecule has 22 heavy (non-hydrogen) atoms. The van der Waals surface area contributed by atoms with E-state index in [4.69, 9.17) is 0 Å². The third-order valence-corrected chi connectivity index (χ3v) is 4.01. The number of amides is 2. The molecule has 2 rings (SSSR count). The summed E-state index contributed by atoms with van der Waals surface area (Å²) in [4.78, 5) is 28.0. The van der Waals surface area contributed by atoms with Gasteiger partial charge in [-0.2, -0.15) is 0 Å². The fourth-order valence-corrected chi connectivity index (χ4v) is 2.59. The molecule has 0 radical (unpaired) electrons. The molecule has 0 aliphatic carbocycles. The predicted molar refractivity (Wildman–Crippen MR) is 87.8 cm³/mol. The molecule has 1 aliphatic rings. The molecule has 0 aromatic heterocycles.